The van der Waals surface area contributed by atoms with Crippen molar-refractivity contribution in [1.82, 2.24) is 10.2 Å². The predicted molar refractivity (Wildman–Crippen MR) is 64.0 cm³/mol. The molecule has 0 aromatic heterocycles. The van der Waals surface area contributed by atoms with E-state index in [0.717, 1.165) is 19.4 Å². The minimum atomic E-state index is 0.00231. The van der Waals surface area contributed by atoms with Gasteiger partial charge in [-0.25, -0.2) is 4.79 Å². The van der Waals surface area contributed by atoms with Crippen molar-refractivity contribution < 1.29 is 14.3 Å². The lowest BCUT2D eigenvalue weighted by molar-refractivity contribution is -0.0547. The Balaban J connectivity index is 1.74. The van der Waals surface area contributed by atoms with E-state index in [2.05, 4.69) is 5.32 Å². The smallest absolute Gasteiger partial charge is 0.317 e. The van der Waals surface area contributed by atoms with Gasteiger partial charge in [-0.2, -0.15) is 0 Å². The summed E-state index contributed by atoms with van der Waals surface area (Å²) in [5, 5.41) is 2.94. The fourth-order valence-corrected chi connectivity index (χ4v) is 2.46. The van der Waals surface area contributed by atoms with Crippen molar-refractivity contribution in [3.63, 3.8) is 0 Å². The number of rotatable bonds is 2. The number of carbonyl (C=O) groups excluding carboxylic acids is 1. The Morgan fingerprint density at radius 3 is 2.65 bits per heavy atom. The fourth-order valence-electron chi connectivity index (χ4n) is 2.46. The zero-order chi connectivity index (χ0) is 12.3. The Morgan fingerprint density at radius 2 is 2.06 bits per heavy atom. The number of amides is 2. The van der Waals surface area contributed by atoms with E-state index in [0.29, 0.717) is 19.6 Å². The second kappa shape index (κ2) is 5.69. The van der Waals surface area contributed by atoms with Crippen LogP contribution in [-0.2, 0) is 9.47 Å². The minimum absolute atomic E-state index is 0.00231. The van der Waals surface area contributed by atoms with Crippen molar-refractivity contribution in [2.45, 2.75) is 45.0 Å². The Morgan fingerprint density at radius 1 is 1.35 bits per heavy atom. The standard InChI is InChI=1S/C12H22N2O3/c1-9-7-14(8-10(2)17-9)12(15)13-6-11-4-3-5-16-11/h9-11H,3-8H2,1-2H3,(H,13,15)/t9-,10-,11+/m1/s1. The van der Waals surface area contributed by atoms with Gasteiger partial charge >= 0.3 is 6.03 Å². The first-order valence-corrected chi connectivity index (χ1v) is 6.45. The molecule has 0 unspecified atom stereocenters. The predicted octanol–water partition coefficient (Wildman–Crippen LogP) is 0.984. The van der Waals surface area contributed by atoms with Gasteiger partial charge in [-0.3, -0.25) is 0 Å². The molecule has 2 fully saturated rings. The molecule has 5 nitrogen and oxygen atoms in total. The molecule has 98 valence electrons. The maximum Gasteiger partial charge on any atom is 0.317 e. The van der Waals surface area contributed by atoms with Crippen LogP contribution in [0.25, 0.3) is 0 Å². The van der Waals surface area contributed by atoms with Gasteiger partial charge in [0.2, 0.25) is 0 Å². The van der Waals surface area contributed by atoms with Gasteiger partial charge in [0.25, 0.3) is 0 Å². The second-order valence-electron chi connectivity index (χ2n) is 4.98. The normalized spacial score (nSPS) is 33.8. The maximum absolute atomic E-state index is 11.9. The molecule has 17 heavy (non-hydrogen) atoms. The third-order valence-electron chi connectivity index (χ3n) is 3.21. The third-order valence-corrected chi connectivity index (χ3v) is 3.21. The number of urea groups is 1. The van der Waals surface area contributed by atoms with Gasteiger partial charge in [-0.05, 0) is 26.7 Å². The van der Waals surface area contributed by atoms with Gasteiger partial charge in [-0.1, -0.05) is 0 Å². The first-order valence-electron chi connectivity index (χ1n) is 6.45. The molecule has 2 rings (SSSR count). The highest BCUT2D eigenvalue weighted by Gasteiger charge is 2.26. The molecule has 2 saturated heterocycles. The largest absolute Gasteiger partial charge is 0.376 e. The lowest BCUT2D eigenvalue weighted by Crippen LogP contribution is -2.52. The number of carbonyl (C=O) groups is 1. The molecule has 1 N–H and O–H groups in total. The molecule has 0 aromatic rings. The molecule has 0 bridgehead atoms. The summed E-state index contributed by atoms with van der Waals surface area (Å²) < 4.78 is 11.1. The van der Waals surface area contributed by atoms with Crippen molar-refractivity contribution in [3.05, 3.63) is 0 Å². The van der Waals surface area contributed by atoms with Crippen LogP contribution in [0.2, 0.25) is 0 Å². The SMILES string of the molecule is C[C@@H]1CN(C(=O)NC[C@@H]2CCCO2)C[C@@H](C)O1. The van der Waals surface area contributed by atoms with E-state index < -0.39 is 0 Å². The molecule has 3 atom stereocenters. The molecule has 0 spiro atoms. The summed E-state index contributed by atoms with van der Waals surface area (Å²) in [5.41, 5.74) is 0. The molecule has 5 heteroatoms. The molecule has 2 aliphatic rings. The van der Waals surface area contributed by atoms with Crippen LogP contribution < -0.4 is 5.32 Å². The zero-order valence-electron chi connectivity index (χ0n) is 10.6. The molecule has 0 aliphatic carbocycles. The highest BCUT2D eigenvalue weighted by molar-refractivity contribution is 5.74. The number of hydrogen-bond donors (Lipinski definition) is 1. The summed E-state index contributed by atoms with van der Waals surface area (Å²) in [5.74, 6) is 0. The summed E-state index contributed by atoms with van der Waals surface area (Å²) in [6, 6.07) is 0.00231. The van der Waals surface area contributed by atoms with E-state index in [-0.39, 0.29) is 24.3 Å². The van der Waals surface area contributed by atoms with E-state index in [1.807, 2.05) is 18.7 Å². The molecule has 0 saturated carbocycles. The zero-order valence-corrected chi connectivity index (χ0v) is 10.6. The first-order chi connectivity index (χ1) is 8.15. The van der Waals surface area contributed by atoms with Crippen LogP contribution in [0.5, 0.6) is 0 Å². The van der Waals surface area contributed by atoms with Crippen LogP contribution in [0.4, 0.5) is 4.79 Å². The molecule has 2 heterocycles. The van der Waals surface area contributed by atoms with Gasteiger partial charge in [0.05, 0.1) is 18.3 Å². The maximum atomic E-state index is 11.9. The highest BCUT2D eigenvalue weighted by Crippen LogP contribution is 2.12. The second-order valence-corrected chi connectivity index (χ2v) is 4.98. The molecule has 0 aromatic carbocycles. The summed E-state index contributed by atoms with van der Waals surface area (Å²) in [6.45, 7) is 6.78. The van der Waals surface area contributed by atoms with E-state index in [1.54, 1.807) is 0 Å². The van der Waals surface area contributed by atoms with Gasteiger partial charge in [0, 0.05) is 26.2 Å². The van der Waals surface area contributed by atoms with E-state index in [1.165, 1.54) is 0 Å². The Labute approximate surface area is 102 Å². The lowest BCUT2D eigenvalue weighted by atomic mass is 10.2. The van der Waals surface area contributed by atoms with Gasteiger partial charge in [0.15, 0.2) is 0 Å². The Hall–Kier alpha value is -0.810. The number of morpholine rings is 1. The van der Waals surface area contributed by atoms with E-state index in [9.17, 15) is 4.79 Å². The van der Waals surface area contributed by atoms with Crippen molar-refractivity contribution >= 4 is 6.03 Å². The topological polar surface area (TPSA) is 50.8 Å². The van der Waals surface area contributed by atoms with Crippen LogP contribution in [-0.4, -0.2) is 55.5 Å². The van der Waals surface area contributed by atoms with Gasteiger partial charge in [0.1, 0.15) is 0 Å². The van der Waals surface area contributed by atoms with Crippen LogP contribution >= 0.6 is 0 Å². The molecule has 0 radical (unpaired) electrons. The molecule has 2 amide bonds. The number of nitrogens with one attached hydrogen (secondary N) is 1. The van der Waals surface area contributed by atoms with Crippen LogP contribution in [0, 0.1) is 0 Å². The summed E-state index contributed by atoms with van der Waals surface area (Å²) >= 11 is 0. The Kier molecular flexibility index (Phi) is 4.23. The van der Waals surface area contributed by atoms with Crippen LogP contribution in [0.3, 0.4) is 0 Å². The average Bonchev–Trinajstić information content (AvgIpc) is 2.77. The van der Waals surface area contributed by atoms with Gasteiger partial charge in [-0.15, -0.1) is 0 Å². The average molecular weight is 242 g/mol. The lowest BCUT2D eigenvalue weighted by Gasteiger charge is -2.35. The summed E-state index contributed by atoms with van der Waals surface area (Å²) in [6.07, 6.45) is 2.59. The monoisotopic (exact) mass is 242 g/mol. The third kappa shape index (κ3) is 3.57. The molecular formula is C12H22N2O3. The highest BCUT2D eigenvalue weighted by atomic mass is 16.5. The molecule has 2 aliphatic heterocycles. The van der Waals surface area contributed by atoms with Crippen LogP contribution in [0.15, 0.2) is 0 Å². The Bertz CT molecular complexity index is 256. The summed E-state index contributed by atoms with van der Waals surface area (Å²) in [4.78, 5) is 13.8. The van der Waals surface area contributed by atoms with Crippen molar-refractivity contribution in [2.75, 3.05) is 26.2 Å². The van der Waals surface area contributed by atoms with Crippen molar-refractivity contribution in [2.24, 2.45) is 0 Å². The van der Waals surface area contributed by atoms with Gasteiger partial charge < -0.3 is 19.7 Å². The first kappa shape index (κ1) is 12.6. The quantitative estimate of drug-likeness (QED) is 0.785. The van der Waals surface area contributed by atoms with E-state index >= 15 is 0 Å². The number of hydrogen-bond acceptors (Lipinski definition) is 3. The summed E-state index contributed by atoms with van der Waals surface area (Å²) in [7, 11) is 0. The number of ether oxygens (including phenoxy) is 2. The number of nitrogens with zero attached hydrogens (tertiary/aromatic N) is 1. The van der Waals surface area contributed by atoms with Crippen molar-refractivity contribution in [1.29, 1.82) is 0 Å². The fraction of sp³-hybridized carbons (Fsp3) is 0.917. The van der Waals surface area contributed by atoms with Crippen molar-refractivity contribution in [3.8, 4) is 0 Å². The van der Waals surface area contributed by atoms with E-state index in [4.69, 9.17) is 9.47 Å². The van der Waals surface area contributed by atoms with Crippen LogP contribution in [0.1, 0.15) is 26.7 Å². The minimum Gasteiger partial charge on any atom is -0.376 e. The molecular weight excluding hydrogens is 220 g/mol.